The van der Waals surface area contributed by atoms with Crippen molar-refractivity contribution >= 4 is 9.84 Å². The number of sulfone groups is 1. The summed E-state index contributed by atoms with van der Waals surface area (Å²) in [5.74, 6) is 0.292. The van der Waals surface area contributed by atoms with Crippen LogP contribution in [0.15, 0.2) is 17.0 Å². The molecule has 0 saturated carbocycles. The van der Waals surface area contributed by atoms with E-state index in [-0.39, 0.29) is 0 Å². The van der Waals surface area contributed by atoms with Crippen molar-refractivity contribution < 1.29 is 8.42 Å². The Morgan fingerprint density at radius 2 is 1.88 bits per heavy atom. The van der Waals surface area contributed by atoms with E-state index in [4.69, 9.17) is 5.73 Å². The van der Waals surface area contributed by atoms with Crippen LogP contribution in [-0.2, 0) is 9.84 Å². The van der Waals surface area contributed by atoms with Crippen molar-refractivity contribution in [2.24, 2.45) is 5.73 Å². The van der Waals surface area contributed by atoms with Crippen LogP contribution in [0.5, 0.6) is 0 Å². The van der Waals surface area contributed by atoms with E-state index in [9.17, 15) is 8.42 Å². The van der Waals surface area contributed by atoms with Crippen LogP contribution in [0.1, 0.15) is 36.0 Å². The van der Waals surface area contributed by atoms with Crippen LogP contribution in [0.3, 0.4) is 0 Å². The molecule has 96 valence electrons. The predicted molar refractivity (Wildman–Crippen MR) is 71.1 cm³/mol. The third-order valence-corrected chi connectivity index (χ3v) is 4.33. The molecule has 0 heterocycles. The van der Waals surface area contributed by atoms with E-state index in [1.165, 1.54) is 11.8 Å². The molecule has 2 N–H and O–H groups in total. The molecule has 1 rings (SSSR count). The third kappa shape index (κ3) is 3.30. The number of nitrogens with two attached hydrogens (primary N) is 1. The highest BCUT2D eigenvalue weighted by atomic mass is 32.2. The largest absolute Gasteiger partial charge is 0.330 e. The molecule has 0 aliphatic heterocycles. The maximum atomic E-state index is 11.6. The molecule has 1 aromatic rings. The van der Waals surface area contributed by atoms with Crippen molar-refractivity contribution in [1.82, 2.24) is 0 Å². The van der Waals surface area contributed by atoms with Crippen molar-refractivity contribution in [2.75, 3.05) is 12.8 Å². The summed E-state index contributed by atoms with van der Waals surface area (Å²) in [6.45, 7) is 6.68. The number of hydrogen-bond donors (Lipinski definition) is 1. The lowest BCUT2D eigenvalue weighted by molar-refractivity contribution is 0.601. The molecule has 0 aliphatic rings. The first-order valence-corrected chi connectivity index (χ1v) is 7.67. The van der Waals surface area contributed by atoms with Gasteiger partial charge in [0, 0.05) is 6.26 Å². The van der Waals surface area contributed by atoms with Crippen LogP contribution in [0.4, 0.5) is 0 Å². The fourth-order valence-corrected chi connectivity index (χ4v) is 2.72. The van der Waals surface area contributed by atoms with E-state index in [0.717, 1.165) is 17.5 Å². The summed E-state index contributed by atoms with van der Waals surface area (Å²) >= 11 is 0. The Bertz CT molecular complexity index is 506. The second-order valence-electron chi connectivity index (χ2n) is 4.70. The molecular weight excluding hydrogens is 234 g/mol. The summed E-state index contributed by atoms with van der Waals surface area (Å²) in [6.07, 6.45) is 2.11. The Morgan fingerprint density at radius 3 is 2.35 bits per heavy atom. The van der Waals surface area contributed by atoms with Gasteiger partial charge in [-0.05, 0) is 61.6 Å². The molecule has 0 aromatic heterocycles. The smallest absolute Gasteiger partial charge is 0.175 e. The molecular formula is C13H21NO2S. The lowest BCUT2D eigenvalue weighted by Gasteiger charge is -2.17. The van der Waals surface area contributed by atoms with Crippen molar-refractivity contribution in [2.45, 2.75) is 38.0 Å². The van der Waals surface area contributed by atoms with Crippen LogP contribution in [0.25, 0.3) is 0 Å². The Hall–Kier alpha value is -0.870. The van der Waals surface area contributed by atoms with Gasteiger partial charge < -0.3 is 5.73 Å². The first kappa shape index (κ1) is 14.2. The number of hydrogen-bond acceptors (Lipinski definition) is 3. The van der Waals surface area contributed by atoms with Crippen LogP contribution in [-0.4, -0.2) is 21.2 Å². The molecule has 1 atom stereocenters. The van der Waals surface area contributed by atoms with Gasteiger partial charge in [0.05, 0.1) is 4.90 Å². The number of rotatable bonds is 4. The minimum Gasteiger partial charge on any atom is -0.330 e. The SMILES string of the molecule is Cc1cc(S(C)(=O)=O)cc(C(C)CCN)c1C. The molecule has 0 bridgehead atoms. The summed E-state index contributed by atoms with van der Waals surface area (Å²) in [7, 11) is -3.14. The van der Waals surface area contributed by atoms with Gasteiger partial charge >= 0.3 is 0 Å². The van der Waals surface area contributed by atoms with E-state index in [1.54, 1.807) is 12.1 Å². The quantitative estimate of drug-likeness (QED) is 0.897. The van der Waals surface area contributed by atoms with Gasteiger partial charge in [-0.1, -0.05) is 6.92 Å². The molecule has 0 aliphatic carbocycles. The summed E-state index contributed by atoms with van der Waals surface area (Å²) in [5.41, 5.74) is 8.84. The molecule has 0 radical (unpaired) electrons. The first-order chi connectivity index (χ1) is 7.77. The zero-order valence-electron chi connectivity index (χ0n) is 10.9. The molecule has 17 heavy (non-hydrogen) atoms. The summed E-state index contributed by atoms with van der Waals surface area (Å²) in [5, 5.41) is 0. The minimum atomic E-state index is -3.14. The van der Waals surface area contributed by atoms with Crippen LogP contribution >= 0.6 is 0 Å². The van der Waals surface area contributed by atoms with E-state index >= 15 is 0 Å². The van der Waals surface area contributed by atoms with Gasteiger partial charge in [0.1, 0.15) is 0 Å². The zero-order valence-corrected chi connectivity index (χ0v) is 11.8. The third-order valence-electron chi connectivity index (χ3n) is 3.24. The maximum Gasteiger partial charge on any atom is 0.175 e. The second kappa shape index (κ2) is 5.19. The topological polar surface area (TPSA) is 60.2 Å². The van der Waals surface area contributed by atoms with Gasteiger partial charge in [-0.3, -0.25) is 0 Å². The normalized spacial score (nSPS) is 13.7. The minimum absolute atomic E-state index is 0.292. The number of benzene rings is 1. The van der Waals surface area contributed by atoms with Crippen LogP contribution in [0.2, 0.25) is 0 Å². The molecule has 1 unspecified atom stereocenters. The van der Waals surface area contributed by atoms with Crippen molar-refractivity contribution in [3.8, 4) is 0 Å². The van der Waals surface area contributed by atoms with Gasteiger partial charge in [0.15, 0.2) is 9.84 Å². The highest BCUT2D eigenvalue weighted by Gasteiger charge is 2.15. The average molecular weight is 255 g/mol. The van der Waals surface area contributed by atoms with E-state index in [2.05, 4.69) is 6.92 Å². The van der Waals surface area contributed by atoms with E-state index < -0.39 is 9.84 Å². The molecule has 0 fully saturated rings. The van der Waals surface area contributed by atoms with Gasteiger partial charge in [-0.15, -0.1) is 0 Å². The Balaban J connectivity index is 3.35. The molecule has 4 heteroatoms. The standard InChI is InChI=1S/C13H21NO2S/c1-9(5-6-14)13-8-12(17(4,15)16)7-10(2)11(13)3/h7-9H,5-6,14H2,1-4H3. The fraction of sp³-hybridized carbons (Fsp3) is 0.538. The monoisotopic (exact) mass is 255 g/mol. The lowest BCUT2D eigenvalue weighted by Crippen LogP contribution is -2.08. The second-order valence-corrected chi connectivity index (χ2v) is 6.72. The van der Waals surface area contributed by atoms with Gasteiger partial charge in [-0.2, -0.15) is 0 Å². The summed E-state index contributed by atoms with van der Waals surface area (Å²) in [6, 6.07) is 3.53. The first-order valence-electron chi connectivity index (χ1n) is 5.78. The predicted octanol–water partition coefficient (Wildman–Crippen LogP) is 2.16. The van der Waals surface area contributed by atoms with E-state index in [0.29, 0.717) is 17.4 Å². The van der Waals surface area contributed by atoms with Gasteiger partial charge in [0.2, 0.25) is 0 Å². The summed E-state index contributed by atoms with van der Waals surface area (Å²) < 4.78 is 23.2. The molecule has 0 saturated heterocycles. The van der Waals surface area contributed by atoms with Crippen molar-refractivity contribution in [1.29, 1.82) is 0 Å². The summed E-state index contributed by atoms with van der Waals surface area (Å²) in [4.78, 5) is 0.402. The van der Waals surface area contributed by atoms with Crippen LogP contribution < -0.4 is 5.73 Å². The Morgan fingerprint density at radius 1 is 1.29 bits per heavy atom. The van der Waals surface area contributed by atoms with Crippen molar-refractivity contribution in [3.05, 3.63) is 28.8 Å². The van der Waals surface area contributed by atoms with Crippen LogP contribution in [0, 0.1) is 13.8 Å². The van der Waals surface area contributed by atoms with Gasteiger partial charge in [0.25, 0.3) is 0 Å². The highest BCUT2D eigenvalue weighted by molar-refractivity contribution is 7.90. The lowest BCUT2D eigenvalue weighted by atomic mass is 9.91. The van der Waals surface area contributed by atoms with Gasteiger partial charge in [-0.25, -0.2) is 8.42 Å². The maximum absolute atomic E-state index is 11.6. The zero-order chi connectivity index (χ0) is 13.2. The highest BCUT2D eigenvalue weighted by Crippen LogP contribution is 2.27. The Labute approximate surface area is 104 Å². The van der Waals surface area contributed by atoms with E-state index in [1.807, 2.05) is 13.8 Å². The fourth-order valence-electron chi connectivity index (χ4n) is 1.98. The number of aryl methyl sites for hydroxylation is 1. The van der Waals surface area contributed by atoms with Crippen molar-refractivity contribution in [3.63, 3.8) is 0 Å². The Kier molecular flexibility index (Phi) is 4.33. The molecule has 0 spiro atoms. The average Bonchev–Trinajstić information content (AvgIpc) is 2.20. The molecule has 0 amide bonds. The molecule has 1 aromatic carbocycles. The molecule has 3 nitrogen and oxygen atoms in total.